The first-order valence-electron chi connectivity index (χ1n) is 4.48. The summed E-state index contributed by atoms with van der Waals surface area (Å²) in [5.74, 6) is 0. The summed E-state index contributed by atoms with van der Waals surface area (Å²) in [6.45, 7) is 14.1. The van der Waals surface area contributed by atoms with Crippen molar-refractivity contribution in [3.8, 4) is 0 Å². The van der Waals surface area contributed by atoms with Gasteiger partial charge in [-0.25, -0.2) is 0 Å². The summed E-state index contributed by atoms with van der Waals surface area (Å²) in [4.78, 5) is 0. The molecule has 2 heteroatoms. The van der Waals surface area contributed by atoms with Gasteiger partial charge in [0.05, 0.1) is 12.5 Å². The Hall–Kier alpha value is -0.920. The Balaban J connectivity index is 3.92. The number of hydrogen-bond acceptors (Lipinski definition) is 2. The Morgan fingerprint density at radius 1 is 1.23 bits per heavy atom. The Morgan fingerprint density at radius 3 is 2.23 bits per heavy atom. The van der Waals surface area contributed by atoms with Crippen LogP contribution in [-0.2, 0) is 9.47 Å². The van der Waals surface area contributed by atoms with Crippen molar-refractivity contribution in [3.05, 3.63) is 25.7 Å². The Bertz CT molecular complexity index is 156. The summed E-state index contributed by atoms with van der Waals surface area (Å²) < 4.78 is 10.4. The first-order valence-corrected chi connectivity index (χ1v) is 4.48. The first-order chi connectivity index (χ1) is 5.99. The van der Waals surface area contributed by atoms with Crippen LogP contribution in [0.25, 0.3) is 0 Å². The molecule has 0 aromatic carbocycles. The predicted octanol–water partition coefficient (Wildman–Crippen LogP) is 3.11. The molecule has 2 nitrogen and oxygen atoms in total. The Morgan fingerprint density at radius 2 is 1.85 bits per heavy atom. The molecule has 0 aliphatic carbocycles. The fourth-order valence-corrected chi connectivity index (χ4v) is 1.14. The lowest BCUT2D eigenvalue weighted by molar-refractivity contribution is 0.0405. The molecular weight excluding hydrogens is 164 g/mol. The molecule has 0 saturated heterocycles. The molecule has 0 fully saturated rings. The second kappa shape index (κ2) is 5.68. The maximum Gasteiger partial charge on any atom is 0.132 e. The Labute approximate surface area is 81.2 Å². The SMILES string of the molecule is C=COCC(CC(C)(C)C)OC=C. The van der Waals surface area contributed by atoms with Crippen LogP contribution in [0.1, 0.15) is 27.2 Å². The third kappa shape index (κ3) is 7.44. The standard InChI is InChI=1S/C11H20O2/c1-6-12-9-10(13-7-2)8-11(3,4)5/h6-7,10H,1-2,8-9H2,3-5H3. The molecule has 1 atom stereocenters. The van der Waals surface area contributed by atoms with Gasteiger partial charge in [-0.3, -0.25) is 0 Å². The van der Waals surface area contributed by atoms with Gasteiger partial charge in [0.1, 0.15) is 12.7 Å². The third-order valence-electron chi connectivity index (χ3n) is 1.53. The minimum Gasteiger partial charge on any atom is -0.498 e. The molecule has 0 aromatic heterocycles. The van der Waals surface area contributed by atoms with E-state index in [1.807, 2.05) is 0 Å². The van der Waals surface area contributed by atoms with Crippen LogP contribution in [0.4, 0.5) is 0 Å². The van der Waals surface area contributed by atoms with Crippen molar-refractivity contribution < 1.29 is 9.47 Å². The molecule has 0 aliphatic rings. The van der Waals surface area contributed by atoms with E-state index in [-0.39, 0.29) is 11.5 Å². The quantitative estimate of drug-likeness (QED) is 0.590. The fourth-order valence-electron chi connectivity index (χ4n) is 1.14. The lowest BCUT2D eigenvalue weighted by Crippen LogP contribution is -2.23. The van der Waals surface area contributed by atoms with Gasteiger partial charge in [-0.1, -0.05) is 33.9 Å². The van der Waals surface area contributed by atoms with Gasteiger partial charge in [-0.15, -0.1) is 0 Å². The van der Waals surface area contributed by atoms with Gasteiger partial charge >= 0.3 is 0 Å². The van der Waals surface area contributed by atoms with Crippen LogP contribution >= 0.6 is 0 Å². The predicted molar refractivity (Wildman–Crippen MR) is 55.3 cm³/mol. The number of ether oxygens (including phenoxy) is 2. The molecule has 0 saturated carbocycles. The zero-order valence-corrected chi connectivity index (χ0v) is 8.88. The van der Waals surface area contributed by atoms with Gasteiger partial charge in [-0.05, 0) is 11.8 Å². The van der Waals surface area contributed by atoms with Crippen molar-refractivity contribution in [1.29, 1.82) is 0 Å². The van der Waals surface area contributed by atoms with Crippen LogP contribution < -0.4 is 0 Å². The van der Waals surface area contributed by atoms with E-state index in [0.717, 1.165) is 6.42 Å². The smallest absolute Gasteiger partial charge is 0.132 e. The lowest BCUT2D eigenvalue weighted by atomic mass is 9.89. The molecule has 0 bridgehead atoms. The average Bonchev–Trinajstić information content (AvgIpc) is 1.98. The van der Waals surface area contributed by atoms with Crippen molar-refractivity contribution in [1.82, 2.24) is 0 Å². The summed E-state index contributed by atoms with van der Waals surface area (Å²) in [5, 5.41) is 0. The molecule has 0 rings (SSSR count). The maximum absolute atomic E-state index is 5.31. The topological polar surface area (TPSA) is 18.5 Å². The minimum absolute atomic E-state index is 0.0653. The van der Waals surface area contributed by atoms with Crippen LogP contribution in [0.15, 0.2) is 25.7 Å². The minimum atomic E-state index is 0.0653. The zero-order valence-electron chi connectivity index (χ0n) is 8.88. The van der Waals surface area contributed by atoms with E-state index in [4.69, 9.17) is 9.47 Å². The van der Waals surface area contributed by atoms with Crippen LogP contribution in [0.3, 0.4) is 0 Å². The maximum atomic E-state index is 5.31. The average molecular weight is 184 g/mol. The summed E-state index contributed by atoms with van der Waals surface area (Å²) in [7, 11) is 0. The number of hydrogen-bond donors (Lipinski definition) is 0. The van der Waals surface area contributed by atoms with Crippen molar-refractivity contribution in [2.75, 3.05) is 6.61 Å². The van der Waals surface area contributed by atoms with Crippen molar-refractivity contribution in [2.45, 2.75) is 33.3 Å². The van der Waals surface area contributed by atoms with Gasteiger partial charge in [0.15, 0.2) is 0 Å². The van der Waals surface area contributed by atoms with Crippen LogP contribution in [0, 0.1) is 5.41 Å². The normalized spacial score (nSPS) is 13.2. The Kier molecular flexibility index (Phi) is 5.28. The zero-order chi connectivity index (χ0) is 10.3. The van der Waals surface area contributed by atoms with Gasteiger partial charge < -0.3 is 9.47 Å². The highest BCUT2D eigenvalue weighted by molar-refractivity contribution is 4.72. The molecule has 13 heavy (non-hydrogen) atoms. The van der Waals surface area contributed by atoms with E-state index in [1.54, 1.807) is 0 Å². The first kappa shape index (κ1) is 12.1. The van der Waals surface area contributed by atoms with Gasteiger partial charge in [0.25, 0.3) is 0 Å². The summed E-state index contributed by atoms with van der Waals surface area (Å²) in [5.41, 5.74) is 0.234. The van der Waals surface area contributed by atoms with E-state index < -0.39 is 0 Å². The summed E-state index contributed by atoms with van der Waals surface area (Å²) >= 11 is 0. The molecule has 0 radical (unpaired) electrons. The largest absolute Gasteiger partial charge is 0.498 e. The van der Waals surface area contributed by atoms with Gasteiger partial charge in [0.2, 0.25) is 0 Å². The summed E-state index contributed by atoms with van der Waals surface area (Å²) in [6.07, 6.45) is 3.90. The molecule has 1 unspecified atom stereocenters. The van der Waals surface area contributed by atoms with Crippen LogP contribution in [-0.4, -0.2) is 12.7 Å². The molecule has 0 spiro atoms. The van der Waals surface area contributed by atoms with E-state index in [9.17, 15) is 0 Å². The molecule has 76 valence electrons. The van der Waals surface area contributed by atoms with E-state index >= 15 is 0 Å². The van der Waals surface area contributed by atoms with Crippen LogP contribution in [0.5, 0.6) is 0 Å². The lowest BCUT2D eigenvalue weighted by Gasteiger charge is -2.24. The number of rotatable bonds is 6. The van der Waals surface area contributed by atoms with E-state index in [1.165, 1.54) is 12.5 Å². The second-order valence-corrected chi connectivity index (χ2v) is 4.19. The highest BCUT2D eigenvalue weighted by atomic mass is 16.5. The second-order valence-electron chi connectivity index (χ2n) is 4.19. The van der Waals surface area contributed by atoms with Gasteiger partial charge in [0, 0.05) is 0 Å². The highest BCUT2D eigenvalue weighted by Crippen LogP contribution is 2.22. The molecule has 0 heterocycles. The summed E-state index contributed by atoms with van der Waals surface area (Å²) in [6, 6.07) is 0. The van der Waals surface area contributed by atoms with E-state index in [0.29, 0.717) is 6.61 Å². The monoisotopic (exact) mass is 184 g/mol. The van der Waals surface area contributed by atoms with Crippen molar-refractivity contribution in [2.24, 2.45) is 5.41 Å². The fraction of sp³-hybridized carbons (Fsp3) is 0.636. The molecular formula is C11H20O2. The van der Waals surface area contributed by atoms with Crippen molar-refractivity contribution >= 4 is 0 Å². The molecule has 0 aromatic rings. The van der Waals surface area contributed by atoms with Gasteiger partial charge in [-0.2, -0.15) is 0 Å². The molecule has 0 N–H and O–H groups in total. The highest BCUT2D eigenvalue weighted by Gasteiger charge is 2.19. The molecule has 0 aliphatic heterocycles. The van der Waals surface area contributed by atoms with Crippen LogP contribution in [0.2, 0.25) is 0 Å². The van der Waals surface area contributed by atoms with E-state index in [2.05, 4.69) is 33.9 Å². The third-order valence-corrected chi connectivity index (χ3v) is 1.53. The molecule has 0 amide bonds. The van der Waals surface area contributed by atoms with Crippen molar-refractivity contribution in [3.63, 3.8) is 0 Å².